The molecule has 0 spiro atoms. The summed E-state index contributed by atoms with van der Waals surface area (Å²) in [5.41, 5.74) is 1.85. The van der Waals surface area contributed by atoms with Gasteiger partial charge in [0, 0.05) is 13.0 Å². The number of hydrogen-bond donors (Lipinski definition) is 0. The van der Waals surface area contributed by atoms with Gasteiger partial charge in [0.25, 0.3) is 0 Å². The lowest BCUT2D eigenvalue weighted by Gasteiger charge is -2.42. The molecule has 0 amide bonds. The summed E-state index contributed by atoms with van der Waals surface area (Å²) in [5.74, 6) is 0.343. The van der Waals surface area contributed by atoms with E-state index >= 15 is 0 Å². The van der Waals surface area contributed by atoms with Crippen molar-refractivity contribution < 1.29 is 9.22 Å². The van der Waals surface area contributed by atoms with Gasteiger partial charge in [0.15, 0.2) is 8.32 Å². The van der Waals surface area contributed by atoms with E-state index in [1.54, 1.807) is 0 Å². The molecule has 0 aromatic heterocycles. The van der Waals surface area contributed by atoms with Crippen LogP contribution in [0.5, 0.6) is 0 Å². The lowest BCUT2D eigenvalue weighted by molar-refractivity contribution is -0.108. The fourth-order valence-electron chi connectivity index (χ4n) is 3.02. The topological polar surface area (TPSA) is 26.3 Å². The van der Waals surface area contributed by atoms with Crippen molar-refractivity contribution in [2.45, 2.75) is 71.5 Å². The molecule has 0 unspecified atom stereocenters. The van der Waals surface area contributed by atoms with E-state index in [2.05, 4.69) is 48.5 Å². The van der Waals surface area contributed by atoms with Gasteiger partial charge in [-0.3, -0.25) is 0 Å². The summed E-state index contributed by atoms with van der Waals surface area (Å²) in [6.45, 7) is 16.6. The van der Waals surface area contributed by atoms with Crippen LogP contribution in [0.1, 0.15) is 54.9 Å². The molecule has 0 radical (unpaired) electrons. The van der Waals surface area contributed by atoms with Crippen LogP contribution in [-0.4, -0.2) is 21.2 Å². The van der Waals surface area contributed by atoms with Crippen LogP contribution in [0.2, 0.25) is 16.6 Å². The third kappa shape index (κ3) is 4.22. The SMILES string of the molecule is CC(C)[Si](OC[C@H](C)CC=O)(C(C)C)C(C)C. The molecule has 2 nitrogen and oxygen atoms in total. The quantitative estimate of drug-likeness (QED) is 0.476. The molecule has 0 rings (SSSR count). The van der Waals surface area contributed by atoms with Crippen molar-refractivity contribution in [1.29, 1.82) is 0 Å². The number of aldehydes is 1. The van der Waals surface area contributed by atoms with Crippen molar-refractivity contribution in [1.82, 2.24) is 0 Å². The van der Waals surface area contributed by atoms with Crippen molar-refractivity contribution in [3.05, 3.63) is 0 Å². The minimum Gasteiger partial charge on any atom is -0.416 e. The van der Waals surface area contributed by atoms with Gasteiger partial charge in [-0.1, -0.05) is 48.5 Å². The highest BCUT2D eigenvalue weighted by atomic mass is 28.4. The van der Waals surface area contributed by atoms with E-state index in [4.69, 9.17) is 4.43 Å². The fraction of sp³-hybridized carbons (Fsp3) is 0.929. The molecule has 0 aromatic rings. The third-order valence-corrected chi connectivity index (χ3v) is 9.90. The van der Waals surface area contributed by atoms with Crippen molar-refractivity contribution in [3.63, 3.8) is 0 Å². The van der Waals surface area contributed by atoms with Crippen LogP contribution in [0.25, 0.3) is 0 Å². The number of carbonyl (C=O) groups excluding carboxylic acids is 1. The van der Waals surface area contributed by atoms with E-state index < -0.39 is 8.32 Å². The third-order valence-electron chi connectivity index (χ3n) is 3.82. The molecule has 0 fully saturated rings. The second kappa shape index (κ2) is 7.32. The first-order valence-corrected chi connectivity index (χ1v) is 9.00. The lowest BCUT2D eigenvalue weighted by Crippen LogP contribution is -2.48. The molecule has 0 N–H and O–H groups in total. The maximum atomic E-state index is 10.5. The Labute approximate surface area is 108 Å². The summed E-state index contributed by atoms with van der Waals surface area (Å²) in [7, 11) is -1.74. The van der Waals surface area contributed by atoms with Gasteiger partial charge in [-0.15, -0.1) is 0 Å². The monoisotopic (exact) mass is 258 g/mol. The van der Waals surface area contributed by atoms with Gasteiger partial charge >= 0.3 is 0 Å². The molecule has 0 bridgehead atoms. The van der Waals surface area contributed by atoms with Crippen LogP contribution in [-0.2, 0) is 9.22 Å². The van der Waals surface area contributed by atoms with E-state index in [0.29, 0.717) is 29.0 Å². The highest BCUT2D eigenvalue weighted by Crippen LogP contribution is 2.42. The normalized spacial score (nSPS) is 14.7. The van der Waals surface area contributed by atoms with Crippen molar-refractivity contribution in [3.8, 4) is 0 Å². The van der Waals surface area contributed by atoms with Crippen LogP contribution in [0.15, 0.2) is 0 Å². The summed E-state index contributed by atoms with van der Waals surface area (Å²) in [6, 6.07) is 0. The average molecular weight is 258 g/mol. The molecule has 0 saturated carbocycles. The second-order valence-electron chi connectivity index (χ2n) is 6.14. The van der Waals surface area contributed by atoms with Crippen molar-refractivity contribution in [2.75, 3.05) is 6.61 Å². The zero-order chi connectivity index (χ0) is 13.6. The molecule has 102 valence electrons. The minimum atomic E-state index is -1.74. The molecule has 0 aliphatic rings. The molecule has 3 heteroatoms. The van der Waals surface area contributed by atoms with Gasteiger partial charge in [-0.05, 0) is 22.5 Å². The fourth-order valence-corrected chi connectivity index (χ4v) is 8.59. The number of hydrogen-bond acceptors (Lipinski definition) is 2. The smallest absolute Gasteiger partial charge is 0.200 e. The number of carbonyl (C=O) groups is 1. The highest BCUT2D eigenvalue weighted by molar-refractivity contribution is 6.77. The summed E-state index contributed by atoms with van der Waals surface area (Å²) in [4.78, 5) is 10.5. The lowest BCUT2D eigenvalue weighted by atomic mass is 10.1. The van der Waals surface area contributed by atoms with E-state index in [1.807, 2.05) is 0 Å². The Kier molecular flexibility index (Phi) is 7.25. The molecule has 1 atom stereocenters. The summed E-state index contributed by atoms with van der Waals surface area (Å²) < 4.78 is 6.41. The number of rotatable bonds is 8. The molecule has 0 heterocycles. The van der Waals surface area contributed by atoms with E-state index in [-0.39, 0.29) is 0 Å². The summed E-state index contributed by atoms with van der Waals surface area (Å²) in [6.07, 6.45) is 1.61. The first kappa shape index (κ1) is 16.8. The van der Waals surface area contributed by atoms with Crippen LogP contribution in [0, 0.1) is 5.92 Å². The second-order valence-corrected chi connectivity index (χ2v) is 11.6. The van der Waals surface area contributed by atoms with Crippen LogP contribution in [0.3, 0.4) is 0 Å². The van der Waals surface area contributed by atoms with Gasteiger partial charge < -0.3 is 9.22 Å². The standard InChI is InChI=1S/C14H30O2Si/c1-11(2)17(12(3)4,13(5)6)16-10-14(7)8-9-15/h9,11-14H,8,10H2,1-7H3/t14-/m1/s1. The molecule has 0 aliphatic carbocycles. The van der Waals surface area contributed by atoms with E-state index in [9.17, 15) is 4.79 Å². The average Bonchev–Trinajstić information content (AvgIpc) is 2.17. The van der Waals surface area contributed by atoms with E-state index in [1.165, 1.54) is 0 Å². The van der Waals surface area contributed by atoms with E-state index in [0.717, 1.165) is 12.9 Å². The maximum Gasteiger partial charge on any atom is 0.200 e. The molecule has 0 aliphatic heterocycles. The maximum absolute atomic E-state index is 10.5. The van der Waals surface area contributed by atoms with Gasteiger partial charge in [-0.25, -0.2) is 0 Å². The van der Waals surface area contributed by atoms with Gasteiger partial charge in [-0.2, -0.15) is 0 Å². The van der Waals surface area contributed by atoms with Gasteiger partial charge in [0.05, 0.1) is 0 Å². The Morgan fingerprint density at radius 1 is 0.941 bits per heavy atom. The minimum absolute atomic E-state index is 0.343. The Bertz CT molecular complexity index is 202. The highest BCUT2D eigenvalue weighted by Gasteiger charge is 2.45. The van der Waals surface area contributed by atoms with Crippen LogP contribution < -0.4 is 0 Å². The predicted molar refractivity (Wildman–Crippen MR) is 76.8 cm³/mol. The molecule has 17 heavy (non-hydrogen) atoms. The zero-order valence-electron chi connectivity index (χ0n) is 12.6. The zero-order valence-corrected chi connectivity index (χ0v) is 13.6. The van der Waals surface area contributed by atoms with Crippen molar-refractivity contribution >= 4 is 14.6 Å². The van der Waals surface area contributed by atoms with Gasteiger partial charge in [0.2, 0.25) is 0 Å². The largest absolute Gasteiger partial charge is 0.416 e. The Balaban J connectivity index is 4.75. The summed E-state index contributed by atoms with van der Waals surface area (Å²) in [5, 5.41) is 0. The van der Waals surface area contributed by atoms with Crippen molar-refractivity contribution in [2.24, 2.45) is 5.92 Å². The molecule has 0 aromatic carbocycles. The van der Waals surface area contributed by atoms with Gasteiger partial charge in [0.1, 0.15) is 6.29 Å². The molecule has 0 saturated heterocycles. The summed E-state index contributed by atoms with van der Waals surface area (Å²) >= 11 is 0. The Morgan fingerprint density at radius 3 is 1.65 bits per heavy atom. The first-order chi connectivity index (χ1) is 7.78. The molecular weight excluding hydrogens is 228 g/mol. The Hall–Kier alpha value is -0.153. The van der Waals surface area contributed by atoms with Crippen LogP contribution >= 0.6 is 0 Å². The first-order valence-electron chi connectivity index (χ1n) is 6.86. The van der Waals surface area contributed by atoms with Crippen LogP contribution in [0.4, 0.5) is 0 Å². The molecular formula is C14H30O2Si. The Morgan fingerprint density at radius 2 is 1.35 bits per heavy atom. The predicted octanol–water partition coefficient (Wildman–Crippen LogP) is 4.40.